The molecule has 0 bridgehead atoms. The molecular weight excluding hydrogens is 342 g/mol. The van der Waals surface area contributed by atoms with Crippen molar-refractivity contribution in [3.63, 3.8) is 0 Å². The number of hydrogen-bond donors (Lipinski definition) is 0. The lowest BCUT2D eigenvalue weighted by atomic mass is 10.0. The molecule has 6 heteroatoms. The van der Waals surface area contributed by atoms with Crippen LogP contribution in [-0.2, 0) is 14.1 Å². The third kappa shape index (κ3) is 2.52. The molecule has 0 atom stereocenters. The first-order valence-corrected chi connectivity index (χ1v) is 8.57. The molecule has 27 heavy (non-hydrogen) atoms. The first kappa shape index (κ1) is 17.0. The van der Waals surface area contributed by atoms with Gasteiger partial charge in [0, 0.05) is 25.0 Å². The van der Waals surface area contributed by atoms with E-state index in [1.165, 1.54) is 11.6 Å². The summed E-state index contributed by atoms with van der Waals surface area (Å²) in [7, 11) is 4.78. The highest BCUT2D eigenvalue weighted by Gasteiger charge is 2.18. The van der Waals surface area contributed by atoms with Crippen molar-refractivity contribution in [2.45, 2.75) is 6.92 Å². The summed E-state index contributed by atoms with van der Waals surface area (Å²) in [4.78, 5) is 30.4. The van der Waals surface area contributed by atoms with Gasteiger partial charge in [0.15, 0.2) is 0 Å². The maximum atomic E-state index is 13.0. The van der Waals surface area contributed by atoms with Gasteiger partial charge in [-0.15, -0.1) is 0 Å². The Balaban J connectivity index is 2.26. The van der Waals surface area contributed by atoms with Crippen LogP contribution in [0.1, 0.15) is 5.56 Å². The molecule has 136 valence electrons. The summed E-state index contributed by atoms with van der Waals surface area (Å²) in [6.07, 6.45) is 0. The van der Waals surface area contributed by atoms with E-state index < -0.39 is 0 Å². The van der Waals surface area contributed by atoms with Gasteiger partial charge in [0.2, 0.25) is 0 Å². The molecule has 6 nitrogen and oxygen atoms in total. The molecular formula is C21H19N3O3. The van der Waals surface area contributed by atoms with Crippen molar-refractivity contribution in [2.75, 3.05) is 7.11 Å². The summed E-state index contributed by atoms with van der Waals surface area (Å²) >= 11 is 0. The van der Waals surface area contributed by atoms with Gasteiger partial charge in [-0.2, -0.15) is 0 Å². The molecule has 2 heterocycles. The van der Waals surface area contributed by atoms with Gasteiger partial charge < -0.3 is 4.74 Å². The number of rotatable bonds is 2. The van der Waals surface area contributed by atoms with Crippen LogP contribution in [0, 0.1) is 6.92 Å². The van der Waals surface area contributed by atoms with E-state index in [-0.39, 0.29) is 11.2 Å². The largest absolute Gasteiger partial charge is 0.497 e. The zero-order valence-electron chi connectivity index (χ0n) is 15.6. The van der Waals surface area contributed by atoms with Crippen molar-refractivity contribution >= 4 is 21.8 Å². The third-order valence-electron chi connectivity index (χ3n) is 4.90. The van der Waals surface area contributed by atoms with Gasteiger partial charge in [-0.05, 0) is 43.3 Å². The van der Waals surface area contributed by atoms with Gasteiger partial charge in [0.25, 0.3) is 5.56 Å². The van der Waals surface area contributed by atoms with E-state index in [1.807, 2.05) is 49.4 Å². The summed E-state index contributed by atoms with van der Waals surface area (Å²) in [5, 5.41) is 1.22. The van der Waals surface area contributed by atoms with Gasteiger partial charge in [-0.25, -0.2) is 9.78 Å². The molecule has 0 saturated carbocycles. The summed E-state index contributed by atoms with van der Waals surface area (Å²) in [6, 6.07) is 13.2. The number of fused-ring (bicyclic) bond motifs is 3. The SMILES string of the molecule is COc1ccc(-c2nc3ccc(C)cc3c3c2c(=O)n(C)c(=O)n3C)cc1. The molecule has 0 N–H and O–H groups in total. The maximum absolute atomic E-state index is 13.0. The minimum atomic E-state index is -0.359. The monoisotopic (exact) mass is 361 g/mol. The minimum absolute atomic E-state index is 0.352. The van der Waals surface area contributed by atoms with Gasteiger partial charge in [-0.3, -0.25) is 13.9 Å². The molecule has 0 aliphatic rings. The number of ether oxygens (including phenoxy) is 1. The fourth-order valence-corrected chi connectivity index (χ4v) is 3.44. The van der Waals surface area contributed by atoms with Crippen molar-refractivity contribution < 1.29 is 4.74 Å². The van der Waals surface area contributed by atoms with E-state index >= 15 is 0 Å². The van der Waals surface area contributed by atoms with E-state index in [1.54, 1.807) is 14.2 Å². The fraction of sp³-hybridized carbons (Fsp3) is 0.190. The Labute approximate surface area is 155 Å². The molecule has 0 aliphatic carbocycles. The van der Waals surface area contributed by atoms with Gasteiger partial charge in [0.05, 0.1) is 29.2 Å². The summed E-state index contributed by atoms with van der Waals surface area (Å²) in [5.74, 6) is 0.722. The Hall–Kier alpha value is -3.41. The second-order valence-corrected chi connectivity index (χ2v) is 6.64. The molecule has 0 spiro atoms. The predicted molar refractivity (Wildman–Crippen MR) is 106 cm³/mol. The highest BCUT2D eigenvalue weighted by molar-refractivity contribution is 6.08. The Morgan fingerprint density at radius 2 is 1.67 bits per heavy atom. The van der Waals surface area contributed by atoms with Crippen LogP contribution in [0.25, 0.3) is 33.1 Å². The van der Waals surface area contributed by atoms with Crippen LogP contribution in [0.15, 0.2) is 52.1 Å². The van der Waals surface area contributed by atoms with Crippen molar-refractivity contribution in [1.29, 1.82) is 0 Å². The summed E-state index contributed by atoms with van der Waals surface area (Å²) in [5.41, 5.74) is 3.01. The topological polar surface area (TPSA) is 66.1 Å². The van der Waals surface area contributed by atoms with Crippen LogP contribution in [0.3, 0.4) is 0 Å². The number of aromatic nitrogens is 3. The van der Waals surface area contributed by atoms with Crippen molar-refractivity contribution in [1.82, 2.24) is 14.1 Å². The predicted octanol–water partition coefficient (Wildman–Crippen LogP) is 2.77. The van der Waals surface area contributed by atoms with E-state index in [4.69, 9.17) is 9.72 Å². The summed E-state index contributed by atoms with van der Waals surface area (Å²) < 4.78 is 7.87. The number of aryl methyl sites for hydroxylation is 2. The molecule has 0 amide bonds. The first-order chi connectivity index (χ1) is 12.9. The molecule has 0 aliphatic heterocycles. The quantitative estimate of drug-likeness (QED) is 0.515. The Bertz CT molecular complexity index is 1320. The number of hydrogen-bond acceptors (Lipinski definition) is 4. The normalized spacial score (nSPS) is 11.3. The van der Waals surface area contributed by atoms with Gasteiger partial charge in [0.1, 0.15) is 5.75 Å². The van der Waals surface area contributed by atoms with E-state index in [0.717, 1.165) is 32.3 Å². The fourth-order valence-electron chi connectivity index (χ4n) is 3.44. The van der Waals surface area contributed by atoms with Crippen molar-refractivity contribution in [3.05, 3.63) is 68.9 Å². The lowest BCUT2D eigenvalue weighted by Crippen LogP contribution is -2.37. The highest BCUT2D eigenvalue weighted by atomic mass is 16.5. The molecule has 2 aromatic carbocycles. The van der Waals surface area contributed by atoms with Crippen LogP contribution < -0.4 is 16.0 Å². The number of benzene rings is 2. The average Bonchev–Trinajstić information content (AvgIpc) is 2.69. The second kappa shape index (κ2) is 6.09. The Kier molecular flexibility index (Phi) is 3.84. The molecule has 4 aromatic rings. The van der Waals surface area contributed by atoms with E-state index in [0.29, 0.717) is 16.6 Å². The smallest absolute Gasteiger partial charge is 0.330 e. The molecule has 0 radical (unpaired) electrons. The van der Waals surface area contributed by atoms with E-state index in [2.05, 4.69) is 0 Å². The second-order valence-electron chi connectivity index (χ2n) is 6.64. The number of methoxy groups -OCH3 is 1. The number of pyridine rings is 1. The zero-order chi connectivity index (χ0) is 19.3. The lowest BCUT2D eigenvalue weighted by Gasteiger charge is -2.14. The third-order valence-corrected chi connectivity index (χ3v) is 4.90. The van der Waals surface area contributed by atoms with Crippen LogP contribution in [-0.4, -0.2) is 21.2 Å². The standard InChI is InChI=1S/C21H19N3O3/c1-12-5-10-16-15(11-12)19-17(20(25)24(3)21(26)23(19)2)18(22-16)13-6-8-14(27-4)9-7-13/h5-11H,1-4H3. The van der Waals surface area contributed by atoms with Crippen LogP contribution in [0.5, 0.6) is 5.75 Å². The van der Waals surface area contributed by atoms with Crippen molar-refractivity contribution in [3.8, 4) is 17.0 Å². The Morgan fingerprint density at radius 1 is 0.963 bits per heavy atom. The number of nitrogens with zero attached hydrogens (tertiary/aromatic N) is 3. The van der Waals surface area contributed by atoms with Crippen LogP contribution >= 0.6 is 0 Å². The zero-order valence-corrected chi connectivity index (χ0v) is 15.6. The molecule has 0 fully saturated rings. The van der Waals surface area contributed by atoms with E-state index in [9.17, 15) is 9.59 Å². The molecule has 0 unspecified atom stereocenters. The maximum Gasteiger partial charge on any atom is 0.330 e. The van der Waals surface area contributed by atoms with Gasteiger partial charge >= 0.3 is 5.69 Å². The first-order valence-electron chi connectivity index (χ1n) is 8.57. The highest BCUT2D eigenvalue weighted by Crippen LogP contribution is 2.31. The van der Waals surface area contributed by atoms with Crippen LogP contribution in [0.4, 0.5) is 0 Å². The molecule has 4 rings (SSSR count). The molecule has 2 aromatic heterocycles. The van der Waals surface area contributed by atoms with Gasteiger partial charge in [-0.1, -0.05) is 11.6 Å². The minimum Gasteiger partial charge on any atom is -0.497 e. The Morgan fingerprint density at radius 3 is 2.33 bits per heavy atom. The van der Waals surface area contributed by atoms with Crippen LogP contribution in [0.2, 0.25) is 0 Å². The molecule has 0 saturated heterocycles. The lowest BCUT2D eigenvalue weighted by molar-refractivity contribution is 0.415. The van der Waals surface area contributed by atoms with Crippen molar-refractivity contribution in [2.24, 2.45) is 14.1 Å². The summed E-state index contributed by atoms with van der Waals surface area (Å²) in [6.45, 7) is 1.97. The average molecular weight is 361 g/mol.